The van der Waals surface area contributed by atoms with Crippen LogP contribution in [0.25, 0.3) is 5.69 Å². The Morgan fingerprint density at radius 1 is 1.24 bits per heavy atom. The van der Waals surface area contributed by atoms with Gasteiger partial charge < -0.3 is 10.6 Å². The molecule has 1 aromatic heterocycles. The summed E-state index contributed by atoms with van der Waals surface area (Å²) in [6.45, 7) is 4.18. The van der Waals surface area contributed by atoms with Gasteiger partial charge in [0.05, 0.1) is 12.3 Å². The largest absolute Gasteiger partial charge is 0.352 e. The Hall–Kier alpha value is -2.28. The van der Waals surface area contributed by atoms with E-state index in [1.807, 2.05) is 16.8 Å². The van der Waals surface area contributed by atoms with E-state index in [4.69, 9.17) is 0 Å². The van der Waals surface area contributed by atoms with Gasteiger partial charge in [-0.25, -0.2) is 4.98 Å². The minimum atomic E-state index is -0.175. The van der Waals surface area contributed by atoms with Gasteiger partial charge in [-0.15, -0.1) is 0 Å². The number of thioether (sulfide) groups is 1. The monoisotopic (exact) mass is 358 g/mol. The van der Waals surface area contributed by atoms with Gasteiger partial charge in [-0.3, -0.25) is 14.2 Å². The van der Waals surface area contributed by atoms with Gasteiger partial charge in [0.15, 0.2) is 5.16 Å². The second kappa shape index (κ2) is 7.74. The zero-order valence-corrected chi connectivity index (χ0v) is 15.2. The molecule has 7 heteroatoms. The second-order valence-electron chi connectivity index (χ2n) is 6.26. The van der Waals surface area contributed by atoms with Crippen LogP contribution >= 0.6 is 11.8 Å². The molecule has 2 aromatic rings. The standard InChI is InChI=1S/C18H22N4O2S/c1-12-3-6-15(9-13(12)2)22-8-7-19-18(22)25-11-17(24)20-10-16(23)21-14-4-5-14/h3,6-9,14H,4-5,10-11H2,1-2H3,(H,20,24)(H,21,23). The van der Waals surface area contributed by atoms with E-state index in [0.29, 0.717) is 6.04 Å². The molecule has 1 saturated carbocycles. The van der Waals surface area contributed by atoms with E-state index >= 15 is 0 Å². The molecule has 0 unspecified atom stereocenters. The van der Waals surface area contributed by atoms with Gasteiger partial charge in [-0.2, -0.15) is 0 Å². The maximum absolute atomic E-state index is 11.9. The van der Waals surface area contributed by atoms with E-state index in [2.05, 4.69) is 41.6 Å². The molecule has 132 valence electrons. The molecule has 0 bridgehead atoms. The zero-order valence-electron chi connectivity index (χ0n) is 14.4. The highest BCUT2D eigenvalue weighted by Gasteiger charge is 2.23. The fraction of sp³-hybridized carbons (Fsp3) is 0.389. The number of aryl methyl sites for hydroxylation is 2. The van der Waals surface area contributed by atoms with Crippen molar-refractivity contribution in [3.05, 3.63) is 41.7 Å². The molecule has 1 heterocycles. The maximum atomic E-state index is 11.9. The van der Waals surface area contributed by atoms with Crippen molar-refractivity contribution in [2.24, 2.45) is 0 Å². The highest BCUT2D eigenvalue weighted by atomic mass is 32.2. The lowest BCUT2D eigenvalue weighted by Gasteiger charge is -2.10. The summed E-state index contributed by atoms with van der Waals surface area (Å²) in [7, 11) is 0. The van der Waals surface area contributed by atoms with Crippen LogP contribution in [0.4, 0.5) is 0 Å². The van der Waals surface area contributed by atoms with Crippen LogP contribution < -0.4 is 10.6 Å². The second-order valence-corrected chi connectivity index (χ2v) is 7.20. The fourth-order valence-electron chi connectivity index (χ4n) is 2.33. The summed E-state index contributed by atoms with van der Waals surface area (Å²) in [6, 6.07) is 6.52. The normalized spacial score (nSPS) is 13.5. The number of nitrogens with one attached hydrogen (secondary N) is 2. The lowest BCUT2D eigenvalue weighted by atomic mass is 10.1. The van der Waals surface area contributed by atoms with Gasteiger partial charge in [-0.05, 0) is 49.9 Å². The number of rotatable bonds is 7. The van der Waals surface area contributed by atoms with Crippen LogP contribution in [0.2, 0.25) is 0 Å². The highest BCUT2D eigenvalue weighted by molar-refractivity contribution is 7.99. The first kappa shape index (κ1) is 17.5. The van der Waals surface area contributed by atoms with Gasteiger partial charge in [0.2, 0.25) is 11.8 Å². The number of benzene rings is 1. The number of aromatic nitrogens is 2. The molecule has 1 aliphatic rings. The number of carbonyl (C=O) groups excluding carboxylic acids is 2. The molecule has 1 aromatic carbocycles. The van der Waals surface area contributed by atoms with Crippen molar-refractivity contribution >= 4 is 23.6 Å². The number of hydrogen-bond donors (Lipinski definition) is 2. The average molecular weight is 358 g/mol. The first-order valence-electron chi connectivity index (χ1n) is 8.33. The van der Waals surface area contributed by atoms with Crippen LogP contribution in [0, 0.1) is 13.8 Å². The molecule has 0 spiro atoms. The number of imidazole rings is 1. The van der Waals surface area contributed by atoms with Crippen molar-refractivity contribution in [2.45, 2.75) is 37.9 Å². The maximum Gasteiger partial charge on any atom is 0.239 e. The number of carbonyl (C=O) groups is 2. The summed E-state index contributed by atoms with van der Waals surface area (Å²) < 4.78 is 1.96. The van der Waals surface area contributed by atoms with Gasteiger partial charge in [0.25, 0.3) is 0 Å². The van der Waals surface area contributed by atoms with Crippen LogP contribution in [0.3, 0.4) is 0 Å². The van der Waals surface area contributed by atoms with Crippen molar-refractivity contribution in [2.75, 3.05) is 12.3 Å². The molecular weight excluding hydrogens is 336 g/mol. The van der Waals surface area contributed by atoms with Crippen molar-refractivity contribution < 1.29 is 9.59 Å². The van der Waals surface area contributed by atoms with Crippen LogP contribution in [0.5, 0.6) is 0 Å². The summed E-state index contributed by atoms with van der Waals surface area (Å²) in [5.74, 6) is -0.0819. The van der Waals surface area contributed by atoms with Crippen LogP contribution in [0.1, 0.15) is 24.0 Å². The summed E-state index contributed by atoms with van der Waals surface area (Å²) in [5.41, 5.74) is 3.47. The molecule has 1 aliphatic carbocycles. The SMILES string of the molecule is Cc1ccc(-n2ccnc2SCC(=O)NCC(=O)NC2CC2)cc1C. The summed E-state index contributed by atoms with van der Waals surface area (Å²) in [4.78, 5) is 27.8. The van der Waals surface area contributed by atoms with E-state index in [1.165, 1.54) is 22.9 Å². The third-order valence-electron chi connectivity index (χ3n) is 4.10. The number of hydrogen-bond acceptors (Lipinski definition) is 4. The van der Waals surface area contributed by atoms with E-state index in [0.717, 1.165) is 23.7 Å². The van der Waals surface area contributed by atoms with Crippen molar-refractivity contribution in [1.82, 2.24) is 20.2 Å². The minimum absolute atomic E-state index is 0.0293. The quantitative estimate of drug-likeness (QED) is 0.742. The van der Waals surface area contributed by atoms with Gasteiger partial charge in [-0.1, -0.05) is 17.8 Å². The first-order chi connectivity index (χ1) is 12.0. The predicted molar refractivity (Wildman–Crippen MR) is 97.9 cm³/mol. The van der Waals surface area contributed by atoms with Crippen molar-refractivity contribution in [1.29, 1.82) is 0 Å². The fourth-order valence-corrected chi connectivity index (χ4v) is 3.14. The minimum Gasteiger partial charge on any atom is -0.352 e. The highest BCUT2D eigenvalue weighted by Crippen LogP contribution is 2.22. The lowest BCUT2D eigenvalue weighted by molar-refractivity contribution is -0.124. The molecule has 0 aliphatic heterocycles. The Labute approximate surface area is 151 Å². The van der Waals surface area contributed by atoms with E-state index in [1.54, 1.807) is 6.20 Å². The molecule has 2 amide bonds. The molecule has 0 radical (unpaired) electrons. The van der Waals surface area contributed by atoms with Gasteiger partial charge in [0.1, 0.15) is 0 Å². The Balaban J connectivity index is 1.53. The summed E-state index contributed by atoms with van der Waals surface area (Å²) >= 11 is 1.35. The van der Waals surface area contributed by atoms with Gasteiger partial charge in [0, 0.05) is 24.1 Å². The van der Waals surface area contributed by atoms with E-state index < -0.39 is 0 Å². The third kappa shape index (κ3) is 4.85. The number of amides is 2. The topological polar surface area (TPSA) is 76.0 Å². The molecule has 2 N–H and O–H groups in total. The van der Waals surface area contributed by atoms with Crippen molar-refractivity contribution in [3.8, 4) is 5.69 Å². The Morgan fingerprint density at radius 3 is 2.76 bits per heavy atom. The van der Waals surface area contributed by atoms with E-state index in [9.17, 15) is 9.59 Å². The molecule has 0 saturated heterocycles. The van der Waals surface area contributed by atoms with Crippen LogP contribution in [0.15, 0.2) is 35.7 Å². The Kier molecular flexibility index (Phi) is 5.43. The molecule has 0 atom stereocenters. The number of nitrogens with zero attached hydrogens (tertiary/aromatic N) is 2. The molecular formula is C18H22N4O2S. The van der Waals surface area contributed by atoms with Gasteiger partial charge >= 0.3 is 0 Å². The Bertz CT molecular complexity index is 783. The zero-order chi connectivity index (χ0) is 17.8. The molecule has 25 heavy (non-hydrogen) atoms. The predicted octanol–water partition coefficient (Wildman–Crippen LogP) is 1.98. The molecule has 1 fully saturated rings. The lowest BCUT2D eigenvalue weighted by Crippen LogP contribution is -2.38. The summed E-state index contributed by atoms with van der Waals surface area (Å²) in [5, 5.41) is 6.24. The third-order valence-corrected chi connectivity index (χ3v) is 5.06. The van der Waals surface area contributed by atoms with Crippen LogP contribution in [-0.4, -0.2) is 39.7 Å². The Morgan fingerprint density at radius 2 is 2.04 bits per heavy atom. The van der Waals surface area contributed by atoms with E-state index in [-0.39, 0.29) is 24.1 Å². The smallest absolute Gasteiger partial charge is 0.239 e. The molecule has 3 rings (SSSR count). The van der Waals surface area contributed by atoms with Crippen molar-refractivity contribution in [3.63, 3.8) is 0 Å². The summed E-state index contributed by atoms with van der Waals surface area (Å²) in [6.07, 6.45) is 5.68. The molecule has 6 nitrogen and oxygen atoms in total. The van der Waals surface area contributed by atoms with Crippen LogP contribution in [-0.2, 0) is 9.59 Å². The average Bonchev–Trinajstić information content (AvgIpc) is 3.27. The first-order valence-corrected chi connectivity index (χ1v) is 9.31.